The zero-order valence-electron chi connectivity index (χ0n) is 32.3. The minimum atomic E-state index is -4.15. The van der Waals surface area contributed by atoms with E-state index in [9.17, 15) is 39.6 Å². The lowest BCUT2D eigenvalue weighted by Gasteiger charge is -2.17. The number of carbonyl (C=O) groups is 2. The molecule has 0 amide bonds. The molecule has 4 rings (SSSR count). The smallest absolute Gasteiger partial charge is 0.389 e. The molecule has 0 aliphatic rings. The van der Waals surface area contributed by atoms with Crippen LogP contribution in [0.15, 0.2) is 111 Å². The van der Waals surface area contributed by atoms with Gasteiger partial charge in [-0.15, -0.1) is 0 Å². The minimum absolute atomic E-state index is 0.0210. The summed E-state index contributed by atoms with van der Waals surface area (Å²) in [5, 5.41) is 0. The van der Waals surface area contributed by atoms with Crippen LogP contribution in [0.2, 0.25) is 0 Å². The maximum absolute atomic E-state index is 12.4. The van der Waals surface area contributed by atoms with Crippen molar-refractivity contribution < 1.29 is 49.1 Å². The number of benzene rings is 4. The number of alkyl halides is 3. The van der Waals surface area contributed by atoms with Gasteiger partial charge in [0, 0.05) is 10.9 Å². The first-order chi connectivity index (χ1) is 25.8. The van der Waals surface area contributed by atoms with Gasteiger partial charge in [0.15, 0.2) is 31.2 Å². The van der Waals surface area contributed by atoms with E-state index in [4.69, 9.17) is 9.47 Å². The Kier molecular flexibility index (Phi) is 16.1. The lowest BCUT2D eigenvalue weighted by Crippen LogP contribution is -2.23. The summed E-state index contributed by atoms with van der Waals surface area (Å²) in [7, 11) is -7.54. The lowest BCUT2D eigenvalue weighted by molar-refractivity contribution is -0.144. The third-order valence-corrected chi connectivity index (χ3v) is 11.5. The van der Waals surface area contributed by atoms with E-state index in [1.165, 1.54) is 24.3 Å². The number of sulfone groups is 2. The maximum atomic E-state index is 12.4. The Labute approximate surface area is 336 Å². The molecule has 0 saturated carbocycles. The highest BCUT2D eigenvalue weighted by atomic mass is 79.9. The second-order valence-electron chi connectivity index (χ2n) is 15.7. The van der Waals surface area contributed by atoms with Gasteiger partial charge in [-0.2, -0.15) is 13.2 Å². The van der Waals surface area contributed by atoms with Crippen molar-refractivity contribution in [3.8, 4) is 22.3 Å². The van der Waals surface area contributed by atoms with E-state index in [1.54, 1.807) is 48.5 Å². The van der Waals surface area contributed by atoms with Gasteiger partial charge >= 0.3 is 18.1 Å². The van der Waals surface area contributed by atoms with Gasteiger partial charge in [0.25, 0.3) is 0 Å². The Morgan fingerprint density at radius 2 is 0.875 bits per heavy atom. The van der Waals surface area contributed by atoms with Crippen molar-refractivity contribution in [1.29, 1.82) is 0 Å². The highest BCUT2D eigenvalue weighted by molar-refractivity contribution is 9.10. The average Bonchev–Trinajstić information content (AvgIpc) is 3.09. The predicted octanol–water partition coefficient (Wildman–Crippen LogP) is 10.1. The van der Waals surface area contributed by atoms with Crippen LogP contribution in [0.5, 0.6) is 0 Å². The number of hydrogen-bond acceptors (Lipinski definition) is 8. The van der Waals surface area contributed by atoms with Crippen molar-refractivity contribution in [2.45, 2.75) is 76.8 Å². The molecule has 8 nitrogen and oxygen atoms in total. The van der Waals surface area contributed by atoms with Gasteiger partial charge in [-0.3, -0.25) is 9.59 Å². The summed E-state index contributed by atoms with van der Waals surface area (Å²) in [6.45, 7) is 11.7. The van der Waals surface area contributed by atoms with Gasteiger partial charge in [0.05, 0.1) is 23.0 Å². The van der Waals surface area contributed by atoms with Crippen molar-refractivity contribution >= 4 is 47.5 Å². The topological polar surface area (TPSA) is 121 Å². The molecule has 0 atom stereocenters. The monoisotopic (exact) mass is 880 g/mol. The summed E-state index contributed by atoms with van der Waals surface area (Å²) in [4.78, 5) is 23.8. The van der Waals surface area contributed by atoms with Crippen LogP contribution >= 0.6 is 15.9 Å². The van der Waals surface area contributed by atoms with E-state index in [2.05, 4.69) is 15.9 Å². The highest BCUT2D eigenvalue weighted by Gasteiger charge is 2.26. The van der Waals surface area contributed by atoms with E-state index in [0.717, 1.165) is 32.3 Å². The summed E-state index contributed by atoms with van der Waals surface area (Å²) in [5.74, 6) is -2.90. The van der Waals surface area contributed by atoms with Crippen molar-refractivity contribution in [3.63, 3.8) is 0 Å². The molecular formula is C42H48BrF3O8S2. The van der Waals surface area contributed by atoms with Crippen LogP contribution in [0.25, 0.3) is 22.3 Å². The number of carbonyl (C=O) groups excluding carboxylic acids is 2. The molecule has 0 aromatic heterocycles. The van der Waals surface area contributed by atoms with Crippen molar-refractivity contribution in [1.82, 2.24) is 0 Å². The quantitative estimate of drug-likeness (QED) is 0.122. The fourth-order valence-electron chi connectivity index (χ4n) is 4.86. The molecule has 0 spiro atoms. The number of ether oxygens (including phenoxy) is 2. The highest BCUT2D eigenvalue weighted by Crippen LogP contribution is 2.27. The molecule has 0 aliphatic heterocycles. The van der Waals surface area contributed by atoms with Gasteiger partial charge in [0.2, 0.25) is 0 Å². The standard InChI is InChI=1S/C23H27F3O4S.C19H21BrO4S/c1-22(2,3)16-30-21(27)15-31(28,29)20-12-10-19(11-13-20)18-8-6-17(7-9-18)5-4-14-23(24,25)26;1-19(2,3)13-24-18(21)12-25(22,23)17-10-6-15(7-11-17)14-4-8-16(20)9-5-14/h6-13H,4-5,14-16H2,1-3H3;4-11H,12-13H2,1-3H3. The first-order valence-corrected chi connectivity index (χ1v) is 21.8. The van der Waals surface area contributed by atoms with E-state index in [0.29, 0.717) is 6.42 Å². The molecule has 0 radical (unpaired) electrons. The first-order valence-electron chi connectivity index (χ1n) is 17.7. The molecule has 14 heteroatoms. The van der Waals surface area contributed by atoms with Crippen LogP contribution in [0.4, 0.5) is 13.2 Å². The SMILES string of the molecule is CC(C)(C)COC(=O)CS(=O)(=O)c1ccc(-c2ccc(Br)cc2)cc1.CC(C)(C)COC(=O)CS(=O)(=O)c1ccc(-c2ccc(CCCC(F)(F)F)cc2)cc1. The van der Waals surface area contributed by atoms with Crippen molar-refractivity contribution in [2.75, 3.05) is 24.7 Å². The number of rotatable bonds is 13. The van der Waals surface area contributed by atoms with E-state index in [-0.39, 0.29) is 40.3 Å². The van der Waals surface area contributed by atoms with Crippen LogP contribution in [0.1, 0.15) is 59.9 Å². The second-order valence-corrected chi connectivity index (χ2v) is 20.6. The van der Waals surface area contributed by atoms with Crippen LogP contribution in [-0.4, -0.2) is 59.7 Å². The summed E-state index contributed by atoms with van der Waals surface area (Å²) >= 11 is 3.38. The Balaban J connectivity index is 0.000000307. The first kappa shape index (κ1) is 46.4. The molecule has 304 valence electrons. The van der Waals surface area contributed by atoms with Gasteiger partial charge in [-0.05, 0) is 87.9 Å². The molecule has 56 heavy (non-hydrogen) atoms. The van der Waals surface area contributed by atoms with Crippen LogP contribution in [-0.2, 0) is 45.2 Å². The number of esters is 2. The molecule has 0 bridgehead atoms. The molecule has 4 aromatic rings. The molecule has 0 N–H and O–H groups in total. The van der Waals surface area contributed by atoms with Gasteiger partial charge in [0.1, 0.15) is 0 Å². The molecule has 0 unspecified atom stereocenters. The van der Waals surface area contributed by atoms with Gasteiger partial charge in [-0.1, -0.05) is 118 Å². The molecule has 0 heterocycles. The van der Waals surface area contributed by atoms with Gasteiger partial charge in [-0.25, -0.2) is 16.8 Å². The van der Waals surface area contributed by atoms with Crippen LogP contribution in [0, 0.1) is 10.8 Å². The molecule has 0 saturated heterocycles. The Morgan fingerprint density at radius 1 is 0.554 bits per heavy atom. The Morgan fingerprint density at radius 3 is 1.20 bits per heavy atom. The second kappa shape index (κ2) is 19.4. The zero-order valence-corrected chi connectivity index (χ0v) is 35.5. The fraction of sp³-hybridized carbons (Fsp3) is 0.381. The van der Waals surface area contributed by atoms with Crippen molar-refractivity contribution in [3.05, 3.63) is 107 Å². The molecule has 4 aromatic carbocycles. The summed E-state index contributed by atoms with van der Waals surface area (Å²) in [5.41, 5.74) is 3.81. The summed E-state index contributed by atoms with van der Waals surface area (Å²) < 4.78 is 97.4. The number of halogens is 4. The third-order valence-electron chi connectivity index (χ3n) is 7.77. The normalized spacial score (nSPS) is 12.3. The molecule has 0 aliphatic carbocycles. The minimum Gasteiger partial charge on any atom is -0.464 e. The summed E-state index contributed by atoms with van der Waals surface area (Å²) in [6, 6.07) is 27.5. The van der Waals surface area contributed by atoms with Crippen LogP contribution in [0.3, 0.4) is 0 Å². The Hall–Kier alpha value is -4.01. The number of hydrogen-bond donors (Lipinski definition) is 0. The largest absolute Gasteiger partial charge is 0.464 e. The third kappa shape index (κ3) is 16.6. The molecular weight excluding hydrogens is 833 g/mol. The van der Waals surface area contributed by atoms with E-state index < -0.39 is 55.7 Å². The van der Waals surface area contributed by atoms with Gasteiger partial charge < -0.3 is 9.47 Å². The maximum Gasteiger partial charge on any atom is 0.389 e. The Bertz CT molecular complexity index is 2120. The predicted molar refractivity (Wildman–Crippen MR) is 215 cm³/mol. The van der Waals surface area contributed by atoms with Crippen molar-refractivity contribution in [2.24, 2.45) is 10.8 Å². The van der Waals surface area contributed by atoms with E-state index in [1.807, 2.05) is 65.8 Å². The fourth-order valence-corrected chi connectivity index (χ4v) is 7.35. The van der Waals surface area contributed by atoms with E-state index >= 15 is 0 Å². The zero-order chi connectivity index (χ0) is 42.0. The summed E-state index contributed by atoms with van der Waals surface area (Å²) in [6.07, 6.45) is -4.59. The lowest BCUT2D eigenvalue weighted by atomic mass is 9.99. The van der Waals surface area contributed by atoms with Crippen LogP contribution < -0.4 is 0 Å². The molecule has 0 fully saturated rings. The average molecular weight is 882 g/mol. The number of aryl methyl sites for hydroxylation is 1.